The lowest BCUT2D eigenvalue weighted by atomic mass is 9.88. The molecule has 13 heteroatoms. The Labute approximate surface area is 350 Å². The summed E-state index contributed by atoms with van der Waals surface area (Å²) in [6.45, 7) is 18.7. The first-order chi connectivity index (χ1) is 27.8. The Hall–Kier alpha value is -3.91. The van der Waals surface area contributed by atoms with Gasteiger partial charge in [0.2, 0.25) is 5.91 Å². The van der Waals surface area contributed by atoms with Crippen LogP contribution in [0.5, 0.6) is 0 Å². The van der Waals surface area contributed by atoms with Crippen LogP contribution >= 0.6 is 11.3 Å². The predicted molar refractivity (Wildman–Crippen MR) is 232 cm³/mol. The molecule has 1 aromatic heterocycles. The maximum Gasteiger partial charge on any atom is 0.222 e. The Morgan fingerprint density at radius 1 is 1.14 bits per heavy atom. The van der Waals surface area contributed by atoms with E-state index in [1.807, 2.05) is 52.9 Å². The highest BCUT2D eigenvalue weighted by atomic mass is 32.1. The molecule has 1 aliphatic rings. The Bertz CT molecular complexity index is 1650. The number of nitrogens with one attached hydrogen (secondary N) is 2. The van der Waals surface area contributed by atoms with Crippen LogP contribution in [0.2, 0.25) is 0 Å². The van der Waals surface area contributed by atoms with E-state index in [9.17, 15) is 19.5 Å². The maximum absolute atomic E-state index is 12.1. The predicted octanol–water partition coefficient (Wildman–Crippen LogP) is 8.75. The van der Waals surface area contributed by atoms with Crippen LogP contribution in [-0.2, 0) is 30.2 Å². The van der Waals surface area contributed by atoms with Gasteiger partial charge in [-0.3, -0.25) is 9.59 Å². The Morgan fingerprint density at radius 2 is 1.86 bits per heavy atom. The summed E-state index contributed by atoms with van der Waals surface area (Å²) in [5.74, 6) is 0.550. The fourth-order valence-corrected chi connectivity index (χ4v) is 8.27. The van der Waals surface area contributed by atoms with Crippen molar-refractivity contribution < 1.29 is 33.7 Å². The number of fused-ring (bicyclic) bond motifs is 1. The monoisotopic (exact) mass is 823 g/mol. The maximum atomic E-state index is 12.1. The summed E-state index contributed by atoms with van der Waals surface area (Å²) in [5, 5.41) is 18.8. The minimum Gasteiger partial charge on any atom is -0.471 e. The second-order valence-electron chi connectivity index (χ2n) is 15.9. The third-order valence-corrected chi connectivity index (χ3v) is 12.2. The first-order valence-corrected chi connectivity index (χ1v) is 21.8. The number of thiophene rings is 1. The van der Waals surface area contributed by atoms with Crippen LogP contribution in [-0.4, -0.2) is 98.1 Å². The van der Waals surface area contributed by atoms with Gasteiger partial charge in [-0.1, -0.05) is 39.0 Å². The van der Waals surface area contributed by atoms with Crippen LogP contribution in [0.15, 0.2) is 60.3 Å². The van der Waals surface area contributed by atoms with E-state index in [2.05, 4.69) is 23.6 Å². The molecule has 6 unspecified atom stereocenters. The van der Waals surface area contributed by atoms with E-state index < -0.39 is 18.2 Å². The third kappa shape index (κ3) is 15.0. The summed E-state index contributed by atoms with van der Waals surface area (Å²) in [4.78, 5) is 40.2. The number of ether oxygens (including phenoxy) is 3. The van der Waals surface area contributed by atoms with Crippen LogP contribution in [0.25, 0.3) is 10.1 Å². The number of aliphatic hydroxyl groups excluding tert-OH is 1. The lowest BCUT2D eigenvalue weighted by molar-refractivity contribution is -0.129. The normalized spacial score (nSPS) is 19.3. The first-order valence-electron chi connectivity index (χ1n) is 20.9. The van der Waals surface area contributed by atoms with Gasteiger partial charge in [-0.05, 0) is 87.8 Å². The highest BCUT2D eigenvalue weighted by Gasteiger charge is 2.33. The van der Waals surface area contributed by atoms with Gasteiger partial charge in [-0.15, -0.1) is 17.9 Å². The molecule has 1 fully saturated rings. The van der Waals surface area contributed by atoms with Gasteiger partial charge < -0.3 is 39.2 Å². The molecule has 58 heavy (non-hydrogen) atoms. The number of hydrogen-bond donors (Lipinski definition) is 3. The first kappa shape index (κ1) is 48.5. The van der Waals surface area contributed by atoms with E-state index in [-0.39, 0.29) is 36.4 Å². The number of aliphatic hydroxyl groups is 1. The number of nitrogens with zero attached hydrogens (tertiary/aromatic N) is 3. The van der Waals surface area contributed by atoms with Gasteiger partial charge in [-0.2, -0.15) is 5.11 Å². The van der Waals surface area contributed by atoms with Crippen LogP contribution in [0.4, 0.5) is 0 Å². The van der Waals surface area contributed by atoms with E-state index >= 15 is 0 Å². The van der Waals surface area contributed by atoms with Crippen LogP contribution < -0.4 is 5.32 Å². The molecule has 0 saturated carbocycles. The number of aldehydes is 2. The molecule has 0 spiro atoms. The molecule has 1 aliphatic heterocycles. The lowest BCUT2D eigenvalue weighted by Gasteiger charge is -2.36. The number of carbonyl (C=O) groups excluding carboxylic acids is 3. The number of benzene rings is 1. The summed E-state index contributed by atoms with van der Waals surface area (Å²) in [5.41, 5.74) is 10.4. The van der Waals surface area contributed by atoms with Crippen molar-refractivity contribution in [1.82, 2.24) is 15.1 Å². The van der Waals surface area contributed by atoms with Crippen molar-refractivity contribution in [2.75, 3.05) is 40.4 Å². The molecule has 3 N–H and O–H groups in total. The molecule has 6 atom stereocenters. The molecule has 322 valence electrons. The average molecular weight is 824 g/mol. The second kappa shape index (κ2) is 25.5. The summed E-state index contributed by atoms with van der Waals surface area (Å²) in [7, 11) is 3.64. The minimum atomic E-state index is -0.636. The van der Waals surface area contributed by atoms with Crippen molar-refractivity contribution >= 4 is 39.9 Å². The molecule has 3 rings (SSSR count). The van der Waals surface area contributed by atoms with Gasteiger partial charge in [0.25, 0.3) is 0 Å². The Kier molecular flexibility index (Phi) is 21.3. The Morgan fingerprint density at radius 3 is 2.50 bits per heavy atom. The van der Waals surface area contributed by atoms with Crippen molar-refractivity contribution in [3.05, 3.63) is 71.2 Å². The van der Waals surface area contributed by atoms with Crippen LogP contribution in [0, 0.1) is 17.4 Å². The zero-order valence-corrected chi connectivity index (χ0v) is 36.6. The van der Waals surface area contributed by atoms with Crippen molar-refractivity contribution in [2.45, 2.75) is 129 Å². The van der Waals surface area contributed by atoms with Gasteiger partial charge in [0.1, 0.15) is 12.4 Å². The molecule has 0 radical (unpaired) electrons. The molecule has 1 aromatic carbocycles. The molecule has 1 amide bonds. The molecular weight excluding hydrogens is 755 g/mol. The van der Waals surface area contributed by atoms with Gasteiger partial charge in [-0.25, -0.2) is 5.53 Å². The zero-order valence-electron chi connectivity index (χ0n) is 35.8. The van der Waals surface area contributed by atoms with E-state index in [1.54, 1.807) is 29.1 Å². The smallest absolute Gasteiger partial charge is 0.222 e. The zero-order chi connectivity index (χ0) is 42.6. The number of rotatable bonds is 29. The van der Waals surface area contributed by atoms with E-state index in [1.165, 1.54) is 11.3 Å². The van der Waals surface area contributed by atoms with E-state index in [0.717, 1.165) is 85.5 Å². The molecule has 2 heterocycles. The van der Waals surface area contributed by atoms with Crippen molar-refractivity contribution in [2.24, 2.45) is 17.0 Å². The summed E-state index contributed by atoms with van der Waals surface area (Å²) < 4.78 is 19.6. The molecule has 0 bridgehead atoms. The quantitative estimate of drug-likeness (QED) is 0.0240. The van der Waals surface area contributed by atoms with Gasteiger partial charge in [0, 0.05) is 82.0 Å². The van der Waals surface area contributed by atoms with E-state index in [0.29, 0.717) is 55.3 Å². The molecular formula is C45H69N5O7S. The largest absolute Gasteiger partial charge is 0.471 e. The van der Waals surface area contributed by atoms with Gasteiger partial charge in [0.15, 0.2) is 12.2 Å². The fourth-order valence-electron chi connectivity index (χ4n) is 7.19. The van der Waals surface area contributed by atoms with Crippen molar-refractivity contribution in [3.63, 3.8) is 0 Å². The topological polar surface area (TPSA) is 154 Å². The molecule has 0 aliphatic carbocycles. The number of unbranched alkanes of at least 4 members (excludes halogenated alkanes) is 4. The van der Waals surface area contributed by atoms with Crippen LogP contribution in [0.3, 0.4) is 0 Å². The number of hydrogen-bond acceptors (Lipinski definition) is 12. The minimum absolute atomic E-state index is 0.0226. The third-order valence-electron chi connectivity index (χ3n) is 11.1. The Balaban J connectivity index is 1.63. The number of likely N-dealkylation sites (N-methyl/N-ethyl adjacent to an activating group) is 1. The lowest BCUT2D eigenvalue weighted by Crippen LogP contribution is -2.42. The molecule has 12 nitrogen and oxygen atoms in total. The highest BCUT2D eigenvalue weighted by Crippen LogP contribution is 2.40. The number of amides is 1. The summed E-state index contributed by atoms with van der Waals surface area (Å²) >= 11 is 1.38. The second-order valence-corrected chi connectivity index (χ2v) is 17.0. The van der Waals surface area contributed by atoms with E-state index in [4.69, 9.17) is 19.7 Å². The highest BCUT2D eigenvalue weighted by molar-refractivity contribution is 7.20. The summed E-state index contributed by atoms with van der Waals surface area (Å²) in [6, 6.07) is 5.48. The number of allylic oxidation sites excluding steroid dienone is 1. The summed E-state index contributed by atoms with van der Waals surface area (Å²) in [6.07, 6.45) is 12.4. The van der Waals surface area contributed by atoms with Crippen molar-refractivity contribution in [1.29, 1.82) is 5.53 Å². The van der Waals surface area contributed by atoms with Gasteiger partial charge in [0.05, 0.1) is 34.9 Å². The standard InChI is InChI=1S/C45H69N5O7S/c1-9-10-17-44(54)49(7)21-14-12-16-23-55-22-15-11-13-20-47-28-36(48-46)25-43(57-34(6)50(8)41(30-52)31(2)3)39-19-18-35(40-27-38(29-51)58-45(39)40)24-37-26-42(53)32(4)33(5)56-37/h9,18-19,27-33,37,41-43,46-47,53H,1,6,10-17,20-26H2,2-5,7-8H3/b36-28-,48-46?. The van der Waals surface area contributed by atoms with Crippen LogP contribution in [0.1, 0.15) is 119 Å². The molecule has 1 saturated heterocycles. The molecule has 2 aromatic rings. The fraction of sp³-hybridized carbons (Fsp3) is 0.622. The van der Waals surface area contributed by atoms with Crippen molar-refractivity contribution in [3.8, 4) is 0 Å². The average Bonchev–Trinajstić information content (AvgIpc) is 3.65. The van der Waals surface area contributed by atoms with Gasteiger partial charge >= 0.3 is 0 Å². The SMILES string of the molecule is C=CCCC(=O)N(C)CCCCCOCCCCCN/C=C(/CC(OC(=C)N(C)C(C=O)C(C)C)c1ccc(CC2CC(O)C(C)C(C)O2)c2cc(C=O)sc12)N=N. The number of carbonyl (C=O) groups is 3.